The van der Waals surface area contributed by atoms with Crippen LogP contribution < -0.4 is 0 Å². The van der Waals surface area contributed by atoms with Crippen LogP contribution in [0.5, 0.6) is 0 Å². The number of imidazole rings is 1. The Morgan fingerprint density at radius 3 is 1.96 bits per heavy atom. The number of hydrogen-bond acceptors (Lipinski definition) is 2. The van der Waals surface area contributed by atoms with Gasteiger partial charge in [0, 0.05) is 55.1 Å². The first-order chi connectivity index (χ1) is 25.6. The zero-order valence-electron chi connectivity index (χ0n) is 32.0. The van der Waals surface area contributed by atoms with Gasteiger partial charge >= 0.3 is 0 Å². The predicted molar refractivity (Wildman–Crippen MR) is 220 cm³/mol. The van der Waals surface area contributed by atoms with Crippen molar-refractivity contribution in [2.45, 2.75) is 55.4 Å². The summed E-state index contributed by atoms with van der Waals surface area (Å²) in [5.74, 6) is 0.931. The van der Waals surface area contributed by atoms with Crippen LogP contribution in [0.15, 0.2) is 116 Å². The number of aromatic nitrogens is 5. The summed E-state index contributed by atoms with van der Waals surface area (Å²) in [6, 6.07) is 40.9. The molecule has 6 heteroatoms. The molecule has 0 saturated carbocycles. The van der Waals surface area contributed by atoms with Crippen LogP contribution in [-0.4, -0.2) is 23.7 Å². The molecule has 0 aliphatic rings. The van der Waals surface area contributed by atoms with Crippen molar-refractivity contribution in [2.24, 2.45) is 0 Å². The van der Waals surface area contributed by atoms with Gasteiger partial charge in [0.15, 0.2) is 0 Å². The number of fused-ring (bicyclic) bond motifs is 6. The van der Waals surface area contributed by atoms with Gasteiger partial charge in [0.25, 0.3) is 0 Å². The Bertz CT molecular complexity index is 2750. The van der Waals surface area contributed by atoms with E-state index >= 15 is 0 Å². The van der Waals surface area contributed by atoms with E-state index < -0.39 is 0 Å². The maximum Gasteiger partial charge on any atom is 0.0790 e. The predicted octanol–water partition coefficient (Wildman–Crippen LogP) is 11.7. The van der Waals surface area contributed by atoms with Crippen molar-refractivity contribution in [1.82, 2.24) is 23.7 Å². The zero-order chi connectivity index (χ0) is 37.0. The molecule has 0 saturated heterocycles. The largest absolute Gasteiger partial charge is 0.341 e. The number of pyridine rings is 1. The molecule has 0 atom stereocenters. The third-order valence-electron chi connectivity index (χ3n) is 10.4. The molecule has 5 aromatic carbocycles. The Morgan fingerprint density at radius 2 is 1.30 bits per heavy atom. The molecule has 0 spiro atoms. The molecule has 4 aromatic heterocycles. The van der Waals surface area contributed by atoms with E-state index in [0.29, 0.717) is 0 Å². The standard InChI is InChI=1S/C30H26N3.C18H17N2.Ir/c1-18-9-8-10-19(2)27(18)25-17-31-33-26-16-13-20(3)29(32-21(4)14-15-22(32)5)28(26)23-11-6-7-12-24(23)30(25)33;1-13-11-14(2)17(15(3)12-13)20-10-9-19-18(20)16-7-5-4-6-8-16;/h6-15,17H,1-5H3;4-7,9-12H,1-3H3;/q2*-1;. The van der Waals surface area contributed by atoms with Crippen molar-refractivity contribution in [3.63, 3.8) is 0 Å². The molecule has 0 aliphatic carbocycles. The van der Waals surface area contributed by atoms with Crippen LogP contribution in [-0.2, 0) is 20.1 Å². The van der Waals surface area contributed by atoms with Crippen LogP contribution >= 0.6 is 0 Å². The summed E-state index contributed by atoms with van der Waals surface area (Å²) < 4.78 is 6.60. The summed E-state index contributed by atoms with van der Waals surface area (Å²) >= 11 is 0. The molecule has 54 heavy (non-hydrogen) atoms. The van der Waals surface area contributed by atoms with Crippen molar-refractivity contribution in [3.05, 3.63) is 173 Å². The Hall–Kier alpha value is -5.55. The fourth-order valence-corrected chi connectivity index (χ4v) is 8.23. The van der Waals surface area contributed by atoms with Crippen molar-refractivity contribution in [3.8, 4) is 33.9 Å². The topological polar surface area (TPSA) is 40.1 Å². The Kier molecular flexibility index (Phi) is 10.0. The molecule has 271 valence electrons. The minimum absolute atomic E-state index is 0. The fourth-order valence-electron chi connectivity index (χ4n) is 8.23. The summed E-state index contributed by atoms with van der Waals surface area (Å²) in [5, 5.41) is 8.56. The van der Waals surface area contributed by atoms with Crippen molar-refractivity contribution in [1.29, 1.82) is 0 Å². The van der Waals surface area contributed by atoms with Crippen LogP contribution in [0.3, 0.4) is 0 Å². The number of rotatable bonds is 4. The molecule has 0 amide bonds. The van der Waals surface area contributed by atoms with E-state index in [1.807, 2.05) is 42.9 Å². The van der Waals surface area contributed by atoms with Crippen molar-refractivity contribution >= 4 is 27.2 Å². The van der Waals surface area contributed by atoms with Gasteiger partial charge in [0.2, 0.25) is 0 Å². The molecule has 9 aromatic rings. The molecule has 1 radical (unpaired) electrons. The number of benzene rings is 5. The minimum atomic E-state index is 0. The second kappa shape index (κ2) is 14.7. The van der Waals surface area contributed by atoms with Gasteiger partial charge in [0.1, 0.15) is 0 Å². The molecule has 0 N–H and O–H groups in total. The maximum atomic E-state index is 4.93. The summed E-state index contributed by atoms with van der Waals surface area (Å²) in [7, 11) is 0. The average molecular weight is 882 g/mol. The minimum Gasteiger partial charge on any atom is -0.341 e. The molecule has 0 unspecified atom stereocenters. The van der Waals surface area contributed by atoms with Crippen LogP contribution in [0.25, 0.3) is 61.1 Å². The van der Waals surface area contributed by atoms with Gasteiger partial charge in [-0.05, 0) is 99.3 Å². The fraction of sp³-hybridized carbons (Fsp3) is 0.167. The summed E-state index contributed by atoms with van der Waals surface area (Å²) in [4.78, 5) is 4.50. The molecule has 4 heterocycles. The molecular weight excluding hydrogens is 839 g/mol. The number of aryl methyl sites for hydroxylation is 8. The first-order valence-corrected chi connectivity index (χ1v) is 18.2. The van der Waals surface area contributed by atoms with Crippen LogP contribution in [0.4, 0.5) is 0 Å². The SMILES string of the molecule is Cc1cc(C)c(-n2ccnc2-c2[c-]cccc2)c(C)c1.Cc1cccc(C)c1-c1cnn2c3[c-]cc(C)c(-n4c(C)ccc4C)c3c3ccccc3c12.[Ir]. The molecule has 0 aliphatic heterocycles. The number of hydrogen-bond donors (Lipinski definition) is 0. The normalized spacial score (nSPS) is 11.2. The Balaban J connectivity index is 0.000000184. The maximum absolute atomic E-state index is 4.93. The third kappa shape index (κ3) is 6.20. The summed E-state index contributed by atoms with van der Waals surface area (Å²) in [6.07, 6.45) is 5.88. The van der Waals surface area contributed by atoms with Gasteiger partial charge < -0.3 is 9.13 Å². The van der Waals surface area contributed by atoms with Crippen molar-refractivity contribution < 1.29 is 20.1 Å². The van der Waals surface area contributed by atoms with Crippen LogP contribution in [0.1, 0.15) is 44.8 Å². The average Bonchev–Trinajstić information content (AvgIpc) is 3.88. The summed E-state index contributed by atoms with van der Waals surface area (Å²) in [5.41, 5.74) is 18.0. The Morgan fingerprint density at radius 1 is 0.630 bits per heavy atom. The molecule has 0 bridgehead atoms. The van der Waals surface area contributed by atoms with E-state index in [2.05, 4.69) is 159 Å². The zero-order valence-corrected chi connectivity index (χ0v) is 34.4. The smallest absolute Gasteiger partial charge is 0.0790 e. The monoisotopic (exact) mass is 882 g/mol. The van der Waals surface area contributed by atoms with Gasteiger partial charge in [-0.3, -0.25) is 9.50 Å². The van der Waals surface area contributed by atoms with E-state index in [1.165, 1.54) is 83.4 Å². The third-order valence-corrected chi connectivity index (χ3v) is 10.4. The Labute approximate surface area is 331 Å². The molecular formula is C48H43IrN5-2. The van der Waals surface area contributed by atoms with Crippen molar-refractivity contribution in [2.75, 3.05) is 0 Å². The van der Waals surface area contributed by atoms with Gasteiger partial charge in [0.05, 0.1) is 17.5 Å². The van der Waals surface area contributed by atoms with E-state index in [0.717, 1.165) is 22.4 Å². The van der Waals surface area contributed by atoms with E-state index in [1.54, 1.807) is 0 Å². The molecule has 0 fully saturated rings. The van der Waals surface area contributed by atoms with Crippen LogP contribution in [0, 0.1) is 67.5 Å². The van der Waals surface area contributed by atoms with E-state index in [4.69, 9.17) is 5.10 Å². The number of nitrogens with zero attached hydrogens (tertiary/aromatic N) is 5. The molecule has 5 nitrogen and oxygen atoms in total. The van der Waals surface area contributed by atoms with Gasteiger partial charge in [-0.25, -0.2) is 0 Å². The van der Waals surface area contributed by atoms with Gasteiger partial charge in [-0.2, -0.15) is 17.2 Å². The van der Waals surface area contributed by atoms with Crippen LogP contribution in [0.2, 0.25) is 0 Å². The second-order valence-electron chi connectivity index (χ2n) is 14.3. The van der Waals surface area contributed by atoms with E-state index in [-0.39, 0.29) is 20.1 Å². The van der Waals surface area contributed by atoms with E-state index in [9.17, 15) is 0 Å². The first-order valence-electron chi connectivity index (χ1n) is 18.2. The first kappa shape index (κ1) is 36.8. The van der Waals surface area contributed by atoms with Gasteiger partial charge in [-0.1, -0.05) is 83.5 Å². The quantitative estimate of drug-likeness (QED) is 0.130. The molecule has 9 rings (SSSR count). The summed E-state index contributed by atoms with van der Waals surface area (Å²) in [6.45, 7) is 17.3. The van der Waals surface area contributed by atoms with Gasteiger partial charge in [-0.15, -0.1) is 41.5 Å². The second-order valence-corrected chi connectivity index (χ2v) is 14.3.